The molecular formula is C15H23NO3S. The summed E-state index contributed by atoms with van der Waals surface area (Å²) in [6.45, 7) is 5.27. The van der Waals surface area contributed by atoms with Gasteiger partial charge in [0.15, 0.2) is 0 Å². The molecule has 4 nitrogen and oxygen atoms in total. The lowest BCUT2D eigenvalue weighted by molar-refractivity contribution is 0.0356. The molecule has 0 atom stereocenters. The minimum Gasteiger partial charge on any atom is -0.491 e. The van der Waals surface area contributed by atoms with Gasteiger partial charge in [-0.25, -0.2) is 0 Å². The van der Waals surface area contributed by atoms with Gasteiger partial charge in [0.25, 0.3) is 0 Å². The molecule has 0 aromatic heterocycles. The maximum atomic E-state index is 5.54. The zero-order chi connectivity index (χ0) is 14.6. The summed E-state index contributed by atoms with van der Waals surface area (Å²) in [5.41, 5.74) is 6.36. The smallest absolute Gasteiger partial charge is 0.119 e. The van der Waals surface area contributed by atoms with Crippen LogP contribution in [0.2, 0.25) is 0 Å². The molecule has 0 aliphatic rings. The third-order valence-corrected chi connectivity index (χ3v) is 2.89. The average molecular weight is 297 g/mol. The number of thiocarbonyl (C=S) groups is 1. The van der Waals surface area contributed by atoms with E-state index in [0.29, 0.717) is 31.4 Å². The lowest BCUT2D eigenvalue weighted by atomic mass is 10.2. The van der Waals surface area contributed by atoms with Crippen molar-refractivity contribution in [3.05, 3.63) is 29.8 Å². The molecule has 0 fully saturated rings. The van der Waals surface area contributed by atoms with Gasteiger partial charge >= 0.3 is 0 Å². The zero-order valence-corrected chi connectivity index (χ0v) is 12.8. The van der Waals surface area contributed by atoms with Gasteiger partial charge in [0.05, 0.1) is 19.8 Å². The van der Waals surface area contributed by atoms with Gasteiger partial charge in [-0.2, -0.15) is 0 Å². The van der Waals surface area contributed by atoms with Crippen LogP contribution in [0.1, 0.15) is 25.3 Å². The van der Waals surface area contributed by atoms with Crippen LogP contribution in [-0.4, -0.2) is 38.0 Å². The molecule has 20 heavy (non-hydrogen) atoms. The Hall–Kier alpha value is -1.17. The monoisotopic (exact) mass is 297 g/mol. The first-order valence-corrected chi connectivity index (χ1v) is 7.33. The summed E-state index contributed by atoms with van der Waals surface area (Å²) in [6, 6.07) is 7.39. The summed E-state index contributed by atoms with van der Waals surface area (Å²) in [7, 11) is 0. The summed E-state index contributed by atoms with van der Waals surface area (Å²) in [5.74, 6) is 0.785. The highest BCUT2D eigenvalue weighted by Gasteiger charge is 1.97. The van der Waals surface area contributed by atoms with Crippen molar-refractivity contribution in [1.82, 2.24) is 0 Å². The maximum Gasteiger partial charge on any atom is 0.119 e. The van der Waals surface area contributed by atoms with Gasteiger partial charge in [0.1, 0.15) is 17.3 Å². The van der Waals surface area contributed by atoms with E-state index < -0.39 is 0 Å². The Morgan fingerprint density at radius 2 is 1.60 bits per heavy atom. The normalized spacial score (nSPS) is 10.4. The van der Waals surface area contributed by atoms with E-state index >= 15 is 0 Å². The second-order valence-corrected chi connectivity index (χ2v) is 4.76. The molecule has 0 heterocycles. The minimum atomic E-state index is 0.392. The largest absolute Gasteiger partial charge is 0.491 e. The first-order valence-electron chi connectivity index (χ1n) is 6.92. The van der Waals surface area contributed by atoms with Crippen molar-refractivity contribution < 1.29 is 14.2 Å². The summed E-state index contributed by atoms with van der Waals surface area (Å²) in [6.07, 6.45) is 2.26. The van der Waals surface area contributed by atoms with Crippen LogP contribution in [0.5, 0.6) is 5.75 Å². The van der Waals surface area contributed by atoms with Crippen LogP contribution in [0.3, 0.4) is 0 Å². The minimum absolute atomic E-state index is 0.392. The van der Waals surface area contributed by atoms with Crippen molar-refractivity contribution in [3.63, 3.8) is 0 Å². The second-order valence-electron chi connectivity index (χ2n) is 4.32. The van der Waals surface area contributed by atoms with Gasteiger partial charge in [-0.1, -0.05) is 25.6 Å². The molecular weight excluding hydrogens is 274 g/mol. The first-order chi connectivity index (χ1) is 9.74. The Kier molecular flexibility index (Phi) is 8.95. The summed E-state index contributed by atoms with van der Waals surface area (Å²) in [5, 5.41) is 0. The van der Waals surface area contributed by atoms with Crippen molar-refractivity contribution in [1.29, 1.82) is 0 Å². The number of rotatable bonds is 11. The van der Waals surface area contributed by atoms with Crippen LogP contribution in [0.25, 0.3) is 0 Å². The van der Waals surface area contributed by atoms with Gasteiger partial charge in [-0.15, -0.1) is 0 Å². The van der Waals surface area contributed by atoms with Gasteiger partial charge < -0.3 is 19.9 Å². The number of hydrogen-bond acceptors (Lipinski definition) is 4. The highest BCUT2D eigenvalue weighted by atomic mass is 32.1. The van der Waals surface area contributed by atoms with Gasteiger partial charge in [-0.05, 0) is 30.7 Å². The first kappa shape index (κ1) is 16.9. The van der Waals surface area contributed by atoms with E-state index in [1.807, 2.05) is 24.3 Å². The van der Waals surface area contributed by atoms with Gasteiger partial charge in [0, 0.05) is 12.2 Å². The van der Waals surface area contributed by atoms with Crippen LogP contribution in [0.15, 0.2) is 24.3 Å². The van der Waals surface area contributed by atoms with E-state index in [9.17, 15) is 0 Å². The third-order valence-electron chi connectivity index (χ3n) is 2.65. The fraction of sp³-hybridized carbons (Fsp3) is 0.533. The number of ether oxygens (including phenoxy) is 3. The molecule has 112 valence electrons. The molecule has 0 aliphatic carbocycles. The number of nitrogens with two attached hydrogens (primary N) is 1. The van der Waals surface area contributed by atoms with Crippen molar-refractivity contribution >= 4 is 17.2 Å². The molecule has 1 aromatic carbocycles. The predicted molar refractivity (Wildman–Crippen MR) is 84.4 cm³/mol. The number of hydrogen-bond donors (Lipinski definition) is 1. The SMILES string of the molecule is CCCCOCCOCCOc1ccc(C(N)=S)cc1. The Balaban J connectivity index is 2.02. The van der Waals surface area contributed by atoms with Crippen LogP contribution in [0, 0.1) is 0 Å². The van der Waals surface area contributed by atoms with Crippen molar-refractivity contribution in [2.75, 3.05) is 33.0 Å². The van der Waals surface area contributed by atoms with E-state index in [2.05, 4.69) is 6.92 Å². The topological polar surface area (TPSA) is 53.7 Å². The fourth-order valence-corrected chi connectivity index (χ4v) is 1.64. The molecule has 0 saturated carbocycles. The molecule has 0 radical (unpaired) electrons. The van der Waals surface area contributed by atoms with E-state index in [1.165, 1.54) is 0 Å². The number of benzene rings is 1. The second kappa shape index (κ2) is 10.6. The summed E-state index contributed by atoms with van der Waals surface area (Å²) in [4.78, 5) is 0.392. The van der Waals surface area contributed by atoms with Crippen LogP contribution in [0.4, 0.5) is 0 Å². The number of unbranched alkanes of at least 4 members (excludes halogenated alkanes) is 1. The van der Waals surface area contributed by atoms with Crippen LogP contribution in [-0.2, 0) is 9.47 Å². The molecule has 5 heteroatoms. The molecule has 0 aliphatic heterocycles. The highest BCUT2D eigenvalue weighted by Crippen LogP contribution is 2.11. The quantitative estimate of drug-likeness (QED) is 0.502. The van der Waals surface area contributed by atoms with E-state index in [-0.39, 0.29) is 0 Å². The van der Waals surface area contributed by atoms with E-state index in [0.717, 1.165) is 30.8 Å². The molecule has 1 rings (SSSR count). The van der Waals surface area contributed by atoms with Gasteiger partial charge in [0.2, 0.25) is 0 Å². The highest BCUT2D eigenvalue weighted by molar-refractivity contribution is 7.80. The lowest BCUT2D eigenvalue weighted by Gasteiger charge is -2.08. The third kappa shape index (κ3) is 7.43. The molecule has 2 N–H and O–H groups in total. The molecule has 0 unspecified atom stereocenters. The molecule has 0 amide bonds. The molecule has 0 bridgehead atoms. The zero-order valence-electron chi connectivity index (χ0n) is 12.0. The molecule has 1 aromatic rings. The Morgan fingerprint density at radius 3 is 2.20 bits per heavy atom. The summed E-state index contributed by atoms with van der Waals surface area (Å²) >= 11 is 4.88. The Bertz CT molecular complexity index is 381. The van der Waals surface area contributed by atoms with Gasteiger partial charge in [-0.3, -0.25) is 0 Å². The molecule has 0 spiro atoms. The standard InChI is InChI=1S/C15H23NO3S/c1-2-3-8-17-9-10-18-11-12-19-14-6-4-13(5-7-14)15(16)20/h4-7H,2-3,8-12H2,1H3,(H2,16,20). The fourth-order valence-electron chi connectivity index (χ4n) is 1.50. The van der Waals surface area contributed by atoms with Crippen LogP contribution < -0.4 is 10.5 Å². The Labute approximate surface area is 126 Å². The predicted octanol–water partition coefficient (Wildman–Crippen LogP) is 2.53. The maximum absolute atomic E-state index is 5.54. The van der Waals surface area contributed by atoms with E-state index in [1.54, 1.807) is 0 Å². The van der Waals surface area contributed by atoms with E-state index in [4.69, 9.17) is 32.2 Å². The van der Waals surface area contributed by atoms with Crippen molar-refractivity contribution in [3.8, 4) is 5.75 Å². The summed E-state index contributed by atoms with van der Waals surface area (Å²) < 4.78 is 16.3. The average Bonchev–Trinajstić information content (AvgIpc) is 2.46. The van der Waals surface area contributed by atoms with Crippen LogP contribution >= 0.6 is 12.2 Å². The lowest BCUT2D eigenvalue weighted by Crippen LogP contribution is -2.11. The van der Waals surface area contributed by atoms with Crippen molar-refractivity contribution in [2.24, 2.45) is 5.73 Å². The molecule has 0 saturated heterocycles. The van der Waals surface area contributed by atoms with Crippen molar-refractivity contribution in [2.45, 2.75) is 19.8 Å². The Morgan fingerprint density at radius 1 is 1.00 bits per heavy atom.